The molecule has 0 bridgehead atoms. The van der Waals surface area contributed by atoms with Crippen molar-refractivity contribution in [3.8, 4) is 22.5 Å². The predicted octanol–water partition coefficient (Wildman–Crippen LogP) is 1.79. The first-order valence-corrected chi connectivity index (χ1v) is 8.03. The molecule has 3 aromatic heterocycles. The maximum Gasteiger partial charge on any atom is 0.243 e. The summed E-state index contributed by atoms with van der Waals surface area (Å²) < 4.78 is 13.1. The smallest absolute Gasteiger partial charge is 0.243 e. The van der Waals surface area contributed by atoms with Gasteiger partial charge in [-0.25, -0.2) is 0 Å². The lowest BCUT2D eigenvalue weighted by Gasteiger charge is -2.12. The predicted molar refractivity (Wildman–Crippen MR) is 90.1 cm³/mol. The average Bonchev–Trinajstić information content (AvgIpc) is 3.28. The van der Waals surface area contributed by atoms with Crippen molar-refractivity contribution in [1.29, 1.82) is 0 Å². The Labute approximate surface area is 146 Å². The van der Waals surface area contributed by atoms with Crippen molar-refractivity contribution < 1.29 is 13.7 Å². The van der Waals surface area contributed by atoms with Crippen LogP contribution in [-0.2, 0) is 14.1 Å². The average molecular weight is 333 g/mol. The van der Waals surface area contributed by atoms with Crippen molar-refractivity contribution in [2.24, 2.45) is 14.1 Å². The second-order valence-electron chi connectivity index (χ2n) is 6.20. The first-order valence-electron chi connectivity index (χ1n) is 8.03. The molecule has 4 aromatic rings. The van der Waals surface area contributed by atoms with Gasteiger partial charge in [0.1, 0.15) is 5.76 Å². The van der Waals surface area contributed by atoms with E-state index >= 15 is 0 Å². The van der Waals surface area contributed by atoms with Crippen LogP contribution in [0.3, 0.4) is 0 Å². The van der Waals surface area contributed by atoms with Gasteiger partial charge >= 0.3 is 0 Å². The molecule has 25 heavy (non-hydrogen) atoms. The minimum absolute atomic E-state index is 0.810. The molecule has 0 saturated carbocycles. The fourth-order valence-corrected chi connectivity index (χ4v) is 3.01. The lowest BCUT2D eigenvalue weighted by Crippen LogP contribution is -2.24. The summed E-state index contributed by atoms with van der Waals surface area (Å²) in [6.45, 7) is 3.90. The van der Waals surface area contributed by atoms with E-state index in [0.29, 0.717) is 0 Å². The zero-order valence-corrected chi connectivity index (χ0v) is 14.7. The molecular formula is C19H19N5O. The molecule has 6 nitrogen and oxygen atoms in total. The summed E-state index contributed by atoms with van der Waals surface area (Å²) in [7, 11) is 3.91. The molecule has 6 heteroatoms. The fourth-order valence-electron chi connectivity index (χ4n) is 3.01. The molecule has 0 N–H and O–H groups in total. The second kappa shape index (κ2) is 5.73. The SMILES string of the molecule is Cc1noc(C)c1-c1cc(-n2[c-][n+](C)cc2)cc(-n2[c-][n+](C)cc2)c1. The number of imidazole rings is 2. The summed E-state index contributed by atoms with van der Waals surface area (Å²) in [5, 5.41) is 4.09. The summed E-state index contributed by atoms with van der Waals surface area (Å²) in [5.74, 6) is 0.810. The van der Waals surface area contributed by atoms with E-state index in [2.05, 4.69) is 36.0 Å². The van der Waals surface area contributed by atoms with E-state index in [1.54, 1.807) is 0 Å². The molecule has 0 amide bonds. The summed E-state index contributed by atoms with van der Waals surface area (Å²) in [4.78, 5) is 0. The molecule has 3 heterocycles. The molecule has 0 aliphatic rings. The molecule has 0 saturated heterocycles. The number of aromatic nitrogens is 5. The van der Waals surface area contributed by atoms with Gasteiger partial charge in [0.15, 0.2) is 0 Å². The van der Waals surface area contributed by atoms with Crippen LogP contribution < -0.4 is 9.13 Å². The van der Waals surface area contributed by atoms with E-state index in [1.807, 2.05) is 71.0 Å². The van der Waals surface area contributed by atoms with E-state index in [9.17, 15) is 0 Å². The molecule has 0 atom stereocenters. The lowest BCUT2D eigenvalue weighted by molar-refractivity contribution is -0.675. The van der Waals surface area contributed by atoms with Crippen molar-refractivity contribution in [2.45, 2.75) is 13.8 Å². The van der Waals surface area contributed by atoms with Crippen LogP contribution in [0.25, 0.3) is 22.5 Å². The number of benzene rings is 1. The number of rotatable bonds is 3. The van der Waals surface area contributed by atoms with Gasteiger partial charge in [-0.05, 0) is 19.4 Å². The van der Waals surface area contributed by atoms with Crippen LogP contribution in [-0.4, -0.2) is 14.3 Å². The lowest BCUT2D eigenvalue weighted by atomic mass is 10.0. The summed E-state index contributed by atoms with van der Waals surface area (Å²) in [6.07, 6.45) is 14.4. The third kappa shape index (κ3) is 2.76. The van der Waals surface area contributed by atoms with Crippen LogP contribution in [0.1, 0.15) is 11.5 Å². The standard InChI is InChI=1S/C19H19N5O/c1-14-19(15(2)25-20-14)16-9-17(23-7-5-21(3)12-23)11-18(10-16)24-8-6-22(4)13-24/h5-11H,1-4H3. The van der Waals surface area contributed by atoms with Crippen LogP contribution in [0.4, 0.5) is 0 Å². The molecule has 0 fully saturated rings. The normalized spacial score (nSPS) is 11.2. The van der Waals surface area contributed by atoms with E-state index in [0.717, 1.165) is 34.0 Å². The Balaban J connectivity index is 1.95. The van der Waals surface area contributed by atoms with E-state index < -0.39 is 0 Å². The Morgan fingerprint density at radius 1 is 0.920 bits per heavy atom. The minimum atomic E-state index is 0.810. The summed E-state index contributed by atoms with van der Waals surface area (Å²) >= 11 is 0. The van der Waals surface area contributed by atoms with E-state index in [1.165, 1.54) is 0 Å². The molecule has 0 aliphatic carbocycles. The summed E-state index contributed by atoms with van der Waals surface area (Å²) in [6, 6.07) is 6.35. The molecule has 0 spiro atoms. The largest absolute Gasteiger partial charge is 0.361 e. The molecule has 126 valence electrons. The fraction of sp³-hybridized carbons (Fsp3) is 0.211. The van der Waals surface area contributed by atoms with Gasteiger partial charge in [0.2, 0.25) is 12.7 Å². The van der Waals surface area contributed by atoms with Crippen molar-refractivity contribution >= 4 is 0 Å². The topological polar surface area (TPSA) is 43.7 Å². The first-order chi connectivity index (χ1) is 12.0. The molecule has 0 aliphatic heterocycles. The Morgan fingerprint density at radius 3 is 1.88 bits per heavy atom. The molecule has 4 rings (SSSR count). The third-order valence-electron chi connectivity index (χ3n) is 4.19. The van der Waals surface area contributed by atoms with Crippen molar-refractivity contribution in [1.82, 2.24) is 14.3 Å². The van der Waals surface area contributed by atoms with Crippen LogP contribution in [0, 0.1) is 26.5 Å². The summed E-state index contributed by atoms with van der Waals surface area (Å²) in [5.41, 5.74) is 4.98. The zero-order valence-electron chi connectivity index (χ0n) is 14.7. The van der Waals surface area contributed by atoms with Gasteiger partial charge in [-0.1, -0.05) is 23.4 Å². The van der Waals surface area contributed by atoms with Gasteiger partial charge in [-0.15, -0.1) is 0 Å². The van der Waals surface area contributed by atoms with Crippen molar-refractivity contribution in [3.05, 3.63) is 67.1 Å². The number of nitrogens with zero attached hydrogens (tertiary/aromatic N) is 5. The number of aryl methyl sites for hydroxylation is 4. The molecule has 0 radical (unpaired) electrons. The van der Waals surface area contributed by atoms with Crippen LogP contribution in [0.5, 0.6) is 0 Å². The second-order valence-corrected chi connectivity index (χ2v) is 6.20. The van der Waals surface area contributed by atoms with Gasteiger partial charge in [0, 0.05) is 41.7 Å². The maximum absolute atomic E-state index is 5.36. The quantitative estimate of drug-likeness (QED) is 0.424. The monoisotopic (exact) mass is 333 g/mol. The number of hydrogen-bond acceptors (Lipinski definition) is 2. The van der Waals surface area contributed by atoms with Gasteiger partial charge in [0.25, 0.3) is 0 Å². The highest BCUT2D eigenvalue weighted by atomic mass is 16.5. The highest BCUT2D eigenvalue weighted by Crippen LogP contribution is 2.30. The number of hydrogen-bond donors (Lipinski definition) is 0. The van der Waals surface area contributed by atoms with Gasteiger partial charge in [0.05, 0.1) is 19.8 Å². The van der Waals surface area contributed by atoms with E-state index in [-0.39, 0.29) is 0 Å². The highest BCUT2D eigenvalue weighted by molar-refractivity contribution is 5.72. The van der Waals surface area contributed by atoms with Gasteiger partial charge in [-0.2, -0.15) is 0 Å². The Bertz CT molecular complexity index is 976. The Hall–Kier alpha value is -3.15. The van der Waals surface area contributed by atoms with Gasteiger partial charge < -0.3 is 22.8 Å². The molecule has 1 aromatic carbocycles. The Morgan fingerprint density at radius 2 is 1.48 bits per heavy atom. The van der Waals surface area contributed by atoms with E-state index in [4.69, 9.17) is 4.52 Å². The van der Waals surface area contributed by atoms with Crippen molar-refractivity contribution in [3.63, 3.8) is 0 Å². The Kier molecular flexibility index (Phi) is 3.53. The highest BCUT2D eigenvalue weighted by Gasteiger charge is 2.14. The zero-order chi connectivity index (χ0) is 17.6. The molecule has 0 unspecified atom stereocenters. The van der Waals surface area contributed by atoms with Crippen LogP contribution in [0.2, 0.25) is 0 Å². The maximum atomic E-state index is 5.36. The van der Waals surface area contributed by atoms with Crippen LogP contribution in [0.15, 0.2) is 47.5 Å². The first kappa shape index (κ1) is 15.4. The van der Waals surface area contributed by atoms with Crippen molar-refractivity contribution in [2.75, 3.05) is 0 Å². The minimum Gasteiger partial charge on any atom is -0.361 e. The van der Waals surface area contributed by atoms with Crippen LogP contribution >= 0.6 is 0 Å². The third-order valence-corrected chi connectivity index (χ3v) is 4.19. The van der Waals surface area contributed by atoms with Gasteiger partial charge in [-0.3, -0.25) is 0 Å². The molecular weight excluding hydrogens is 314 g/mol.